The predicted molar refractivity (Wildman–Crippen MR) is 77.9 cm³/mol. The Kier molecular flexibility index (Phi) is 3.76. The molecule has 0 spiro atoms. The molecule has 0 saturated carbocycles. The maximum Gasteiger partial charge on any atom is 0.122 e. The number of hydrogen-bond donors (Lipinski definition) is 0. The van der Waals surface area contributed by atoms with Crippen LogP contribution < -0.4 is 4.74 Å². The smallest absolute Gasteiger partial charge is 0.122 e. The van der Waals surface area contributed by atoms with Crippen LogP contribution in [0.2, 0.25) is 0 Å². The van der Waals surface area contributed by atoms with Gasteiger partial charge in [-0.05, 0) is 37.6 Å². The molecule has 1 atom stereocenters. The number of nitrogens with zero attached hydrogens (tertiary/aromatic N) is 2. The zero-order valence-corrected chi connectivity index (χ0v) is 12.1. The van der Waals surface area contributed by atoms with E-state index in [1.807, 2.05) is 0 Å². The lowest BCUT2D eigenvalue weighted by Gasteiger charge is -2.38. The molecule has 2 aliphatic heterocycles. The van der Waals surface area contributed by atoms with E-state index in [1.165, 1.54) is 37.3 Å². The van der Waals surface area contributed by atoms with E-state index < -0.39 is 0 Å². The van der Waals surface area contributed by atoms with Gasteiger partial charge in [-0.2, -0.15) is 0 Å². The van der Waals surface area contributed by atoms with Crippen molar-refractivity contribution in [1.29, 1.82) is 0 Å². The minimum atomic E-state index is 0.677. The lowest BCUT2D eigenvalue weighted by molar-refractivity contribution is 0.101. The third-order valence-corrected chi connectivity index (χ3v) is 4.41. The standard InChI is InChI=1S/C16H24N2O/c1-13-12-17(2)8-9-18(13)7-5-14-3-4-16-15(11-14)6-10-19-16/h3-4,11,13H,5-10,12H2,1-2H3/t13-/m0/s1. The van der Waals surface area contributed by atoms with Crippen LogP contribution in [0, 0.1) is 0 Å². The van der Waals surface area contributed by atoms with Crippen molar-refractivity contribution in [2.24, 2.45) is 0 Å². The van der Waals surface area contributed by atoms with Gasteiger partial charge < -0.3 is 9.64 Å². The summed E-state index contributed by atoms with van der Waals surface area (Å²) in [6.07, 6.45) is 2.23. The second-order valence-electron chi connectivity index (χ2n) is 5.94. The summed E-state index contributed by atoms with van der Waals surface area (Å²) in [5.41, 5.74) is 2.85. The van der Waals surface area contributed by atoms with Gasteiger partial charge in [0.05, 0.1) is 6.61 Å². The Morgan fingerprint density at radius 1 is 1.32 bits per heavy atom. The van der Waals surface area contributed by atoms with E-state index in [1.54, 1.807) is 0 Å². The fraction of sp³-hybridized carbons (Fsp3) is 0.625. The first-order valence-corrected chi connectivity index (χ1v) is 7.39. The highest BCUT2D eigenvalue weighted by Crippen LogP contribution is 2.26. The first-order chi connectivity index (χ1) is 9.22. The van der Waals surface area contributed by atoms with Gasteiger partial charge in [0.2, 0.25) is 0 Å². The molecule has 0 radical (unpaired) electrons. The van der Waals surface area contributed by atoms with Crippen molar-refractivity contribution in [1.82, 2.24) is 9.80 Å². The fourth-order valence-electron chi connectivity index (χ4n) is 3.18. The number of ether oxygens (including phenoxy) is 1. The fourth-order valence-corrected chi connectivity index (χ4v) is 3.18. The summed E-state index contributed by atoms with van der Waals surface area (Å²) < 4.78 is 5.56. The van der Waals surface area contributed by atoms with E-state index in [4.69, 9.17) is 4.74 Å². The van der Waals surface area contributed by atoms with Crippen LogP contribution in [0.3, 0.4) is 0 Å². The molecule has 0 N–H and O–H groups in total. The van der Waals surface area contributed by atoms with E-state index in [0.717, 1.165) is 25.2 Å². The Morgan fingerprint density at radius 3 is 3.05 bits per heavy atom. The van der Waals surface area contributed by atoms with Crippen LogP contribution in [0.4, 0.5) is 0 Å². The molecule has 0 aliphatic carbocycles. The molecule has 3 heteroatoms. The Morgan fingerprint density at radius 2 is 2.21 bits per heavy atom. The van der Waals surface area contributed by atoms with Crippen LogP contribution in [0.5, 0.6) is 5.75 Å². The largest absolute Gasteiger partial charge is 0.493 e. The first kappa shape index (κ1) is 12.9. The highest BCUT2D eigenvalue weighted by Gasteiger charge is 2.21. The third-order valence-electron chi connectivity index (χ3n) is 4.41. The molecule has 0 bridgehead atoms. The maximum atomic E-state index is 5.56. The van der Waals surface area contributed by atoms with Gasteiger partial charge in [-0.25, -0.2) is 0 Å². The van der Waals surface area contributed by atoms with Crippen molar-refractivity contribution < 1.29 is 4.74 Å². The number of piperazine rings is 1. The van der Waals surface area contributed by atoms with E-state index in [-0.39, 0.29) is 0 Å². The molecule has 3 nitrogen and oxygen atoms in total. The van der Waals surface area contributed by atoms with Gasteiger partial charge in [-0.1, -0.05) is 12.1 Å². The molecule has 1 aromatic rings. The van der Waals surface area contributed by atoms with Crippen LogP contribution in [0.1, 0.15) is 18.1 Å². The summed E-state index contributed by atoms with van der Waals surface area (Å²) in [6, 6.07) is 7.38. The topological polar surface area (TPSA) is 15.7 Å². The van der Waals surface area contributed by atoms with Crippen molar-refractivity contribution in [2.45, 2.75) is 25.8 Å². The number of hydrogen-bond acceptors (Lipinski definition) is 3. The van der Waals surface area contributed by atoms with Gasteiger partial charge in [0.15, 0.2) is 0 Å². The molecular weight excluding hydrogens is 236 g/mol. The molecule has 0 aromatic heterocycles. The molecule has 2 heterocycles. The van der Waals surface area contributed by atoms with Crippen LogP contribution in [-0.4, -0.2) is 55.7 Å². The van der Waals surface area contributed by atoms with Crippen molar-refractivity contribution in [3.05, 3.63) is 29.3 Å². The second kappa shape index (κ2) is 5.51. The van der Waals surface area contributed by atoms with E-state index >= 15 is 0 Å². The second-order valence-corrected chi connectivity index (χ2v) is 5.94. The van der Waals surface area contributed by atoms with Crippen molar-refractivity contribution in [2.75, 3.05) is 39.8 Å². The number of rotatable bonds is 3. The van der Waals surface area contributed by atoms with E-state index in [2.05, 4.69) is 42.0 Å². The average molecular weight is 260 g/mol. The zero-order chi connectivity index (χ0) is 13.2. The van der Waals surface area contributed by atoms with E-state index in [0.29, 0.717) is 6.04 Å². The summed E-state index contributed by atoms with van der Waals surface area (Å²) in [7, 11) is 2.22. The number of likely N-dealkylation sites (N-methyl/N-ethyl adjacent to an activating group) is 1. The quantitative estimate of drug-likeness (QED) is 0.824. The summed E-state index contributed by atoms with van der Waals surface area (Å²) in [4.78, 5) is 5.04. The first-order valence-electron chi connectivity index (χ1n) is 7.39. The minimum Gasteiger partial charge on any atom is -0.493 e. The van der Waals surface area contributed by atoms with Gasteiger partial charge in [0.25, 0.3) is 0 Å². The number of fused-ring (bicyclic) bond motifs is 1. The molecule has 104 valence electrons. The molecule has 19 heavy (non-hydrogen) atoms. The molecule has 3 rings (SSSR count). The van der Waals surface area contributed by atoms with Crippen LogP contribution in [0.15, 0.2) is 18.2 Å². The summed E-state index contributed by atoms with van der Waals surface area (Å²) in [5, 5.41) is 0. The van der Waals surface area contributed by atoms with Crippen LogP contribution >= 0.6 is 0 Å². The highest BCUT2D eigenvalue weighted by atomic mass is 16.5. The van der Waals surface area contributed by atoms with Crippen LogP contribution in [-0.2, 0) is 12.8 Å². The average Bonchev–Trinajstić information content (AvgIpc) is 2.85. The Bertz CT molecular complexity index is 446. The Labute approximate surface area is 116 Å². The SMILES string of the molecule is C[C@H]1CN(C)CCN1CCc1ccc2c(c1)CCO2. The van der Waals surface area contributed by atoms with Gasteiger partial charge in [0, 0.05) is 38.6 Å². The highest BCUT2D eigenvalue weighted by molar-refractivity contribution is 5.39. The van der Waals surface area contributed by atoms with Crippen molar-refractivity contribution in [3.8, 4) is 5.75 Å². The summed E-state index contributed by atoms with van der Waals surface area (Å²) in [6.45, 7) is 7.96. The minimum absolute atomic E-state index is 0.677. The predicted octanol–water partition coefficient (Wildman–Crippen LogP) is 1.80. The molecule has 2 aliphatic rings. The molecule has 1 fully saturated rings. The van der Waals surface area contributed by atoms with Crippen molar-refractivity contribution in [3.63, 3.8) is 0 Å². The molecule has 1 aromatic carbocycles. The summed E-state index contributed by atoms with van der Waals surface area (Å²) in [5.74, 6) is 1.09. The molecule has 1 saturated heterocycles. The third kappa shape index (κ3) is 2.93. The Balaban J connectivity index is 1.57. The normalized spacial score (nSPS) is 24.2. The molecular formula is C16H24N2O. The summed E-state index contributed by atoms with van der Waals surface area (Å²) >= 11 is 0. The van der Waals surface area contributed by atoms with Gasteiger partial charge in [0.1, 0.15) is 5.75 Å². The maximum absolute atomic E-state index is 5.56. The lowest BCUT2D eigenvalue weighted by Crippen LogP contribution is -2.50. The van der Waals surface area contributed by atoms with Crippen LogP contribution in [0.25, 0.3) is 0 Å². The van der Waals surface area contributed by atoms with E-state index in [9.17, 15) is 0 Å². The molecule has 0 amide bonds. The van der Waals surface area contributed by atoms with Crippen molar-refractivity contribution >= 4 is 0 Å². The monoisotopic (exact) mass is 260 g/mol. The van der Waals surface area contributed by atoms with Gasteiger partial charge >= 0.3 is 0 Å². The lowest BCUT2D eigenvalue weighted by atomic mass is 10.1. The Hall–Kier alpha value is -1.06. The van der Waals surface area contributed by atoms with Gasteiger partial charge in [-0.15, -0.1) is 0 Å². The number of benzene rings is 1. The molecule has 0 unspecified atom stereocenters. The van der Waals surface area contributed by atoms with Gasteiger partial charge in [-0.3, -0.25) is 4.90 Å². The zero-order valence-electron chi connectivity index (χ0n) is 12.1.